The summed E-state index contributed by atoms with van der Waals surface area (Å²) >= 11 is -1.59. The molecule has 1 atom stereocenters. The molecule has 0 aliphatic carbocycles. The van der Waals surface area contributed by atoms with Crippen molar-refractivity contribution in [2.75, 3.05) is 25.4 Å². The maximum absolute atomic E-state index is 10.3. The van der Waals surface area contributed by atoms with Gasteiger partial charge in [-0.2, -0.15) is 0 Å². The molecule has 1 saturated heterocycles. The van der Waals surface area contributed by atoms with Crippen LogP contribution in [0.25, 0.3) is 0 Å². The minimum absolute atomic E-state index is 0.427. The Balaban J connectivity index is 1.98. The van der Waals surface area contributed by atoms with Crippen molar-refractivity contribution in [3.8, 4) is 0 Å². The Kier molecular flexibility index (Phi) is 4.04. The molecule has 66 valence electrons. The average molecular weight is 177 g/mol. The first-order valence-electron chi connectivity index (χ1n) is 4.09. The summed E-state index contributed by atoms with van der Waals surface area (Å²) in [6, 6.07) is 0. The van der Waals surface area contributed by atoms with Crippen LogP contribution in [0.15, 0.2) is 0 Å². The highest BCUT2D eigenvalue weighted by molar-refractivity contribution is 7.79. The van der Waals surface area contributed by atoms with Gasteiger partial charge in [-0.15, -0.1) is 0 Å². The molecule has 0 radical (unpaired) electrons. The maximum Gasteiger partial charge on any atom is 0.152 e. The fraction of sp³-hybridized carbons (Fsp3) is 1.00. The zero-order valence-corrected chi connectivity index (χ0v) is 7.48. The van der Waals surface area contributed by atoms with Crippen LogP contribution < -0.4 is 0 Å². The summed E-state index contributed by atoms with van der Waals surface area (Å²) in [5.41, 5.74) is 0. The molecule has 1 N–H and O–H groups in total. The van der Waals surface area contributed by atoms with E-state index in [4.69, 9.17) is 4.55 Å². The summed E-state index contributed by atoms with van der Waals surface area (Å²) in [5.74, 6) is 0.427. The molecule has 1 aliphatic rings. The van der Waals surface area contributed by atoms with E-state index in [-0.39, 0.29) is 0 Å². The van der Waals surface area contributed by atoms with Crippen molar-refractivity contribution in [2.24, 2.45) is 0 Å². The lowest BCUT2D eigenvalue weighted by molar-refractivity contribution is 0.339. The van der Waals surface area contributed by atoms with Crippen LogP contribution in [0.1, 0.15) is 19.3 Å². The Bertz CT molecular complexity index is 134. The van der Waals surface area contributed by atoms with Crippen LogP contribution in [0.2, 0.25) is 0 Å². The summed E-state index contributed by atoms with van der Waals surface area (Å²) in [5, 5.41) is 0. The molecular formula is C7H15NO2S. The van der Waals surface area contributed by atoms with Crippen molar-refractivity contribution in [3.63, 3.8) is 0 Å². The predicted octanol–water partition coefficient (Wildman–Crippen LogP) is 0.694. The zero-order valence-electron chi connectivity index (χ0n) is 6.66. The van der Waals surface area contributed by atoms with Gasteiger partial charge in [0.05, 0.1) is 5.75 Å². The Labute approximate surface area is 70.1 Å². The van der Waals surface area contributed by atoms with E-state index in [1.54, 1.807) is 0 Å². The molecule has 0 aromatic carbocycles. The lowest BCUT2D eigenvalue weighted by Crippen LogP contribution is -2.21. The third-order valence-corrected chi connectivity index (χ3v) is 2.63. The van der Waals surface area contributed by atoms with Gasteiger partial charge in [-0.05, 0) is 38.9 Å². The van der Waals surface area contributed by atoms with Crippen LogP contribution in [0, 0.1) is 0 Å². The molecule has 0 bridgehead atoms. The van der Waals surface area contributed by atoms with Crippen LogP contribution in [0.4, 0.5) is 0 Å². The van der Waals surface area contributed by atoms with Crippen LogP contribution >= 0.6 is 0 Å². The quantitative estimate of drug-likeness (QED) is 0.642. The number of rotatable bonds is 4. The standard InChI is InChI=1S/C7H15NO2S/c9-11(10)7-3-6-8-4-1-2-5-8/h1-7H2,(H,9,10). The van der Waals surface area contributed by atoms with Crippen LogP contribution in [0.3, 0.4) is 0 Å². The number of hydrogen-bond acceptors (Lipinski definition) is 2. The minimum Gasteiger partial charge on any atom is -0.306 e. The summed E-state index contributed by atoms with van der Waals surface area (Å²) in [6.07, 6.45) is 3.44. The maximum atomic E-state index is 10.3. The molecule has 0 aromatic heterocycles. The zero-order chi connectivity index (χ0) is 8.10. The van der Waals surface area contributed by atoms with Gasteiger partial charge in [0.2, 0.25) is 0 Å². The molecule has 1 rings (SSSR count). The molecular weight excluding hydrogens is 162 g/mol. The first-order chi connectivity index (χ1) is 5.29. The summed E-state index contributed by atoms with van der Waals surface area (Å²) in [7, 11) is 0. The van der Waals surface area contributed by atoms with E-state index in [2.05, 4.69) is 4.90 Å². The van der Waals surface area contributed by atoms with Gasteiger partial charge in [0.25, 0.3) is 0 Å². The Hall–Kier alpha value is 0.0700. The van der Waals surface area contributed by atoms with E-state index in [9.17, 15) is 4.21 Å². The number of hydrogen-bond donors (Lipinski definition) is 1. The average Bonchev–Trinajstić information content (AvgIpc) is 2.39. The molecule has 4 heteroatoms. The fourth-order valence-corrected chi connectivity index (χ4v) is 1.79. The topological polar surface area (TPSA) is 40.5 Å². The normalized spacial score (nSPS) is 22.3. The molecule has 0 aromatic rings. The second-order valence-electron chi connectivity index (χ2n) is 2.93. The minimum atomic E-state index is -1.59. The van der Waals surface area contributed by atoms with Gasteiger partial charge in [-0.3, -0.25) is 0 Å². The Morgan fingerprint density at radius 3 is 2.55 bits per heavy atom. The van der Waals surface area contributed by atoms with Gasteiger partial charge in [0.15, 0.2) is 11.1 Å². The first-order valence-corrected chi connectivity index (χ1v) is 5.36. The molecule has 11 heavy (non-hydrogen) atoms. The van der Waals surface area contributed by atoms with Gasteiger partial charge in [-0.1, -0.05) is 0 Å². The SMILES string of the molecule is O=S(O)CCCN1CCCC1. The number of nitrogens with zero attached hydrogens (tertiary/aromatic N) is 1. The van der Waals surface area contributed by atoms with E-state index in [0.717, 1.165) is 13.0 Å². The van der Waals surface area contributed by atoms with E-state index in [0.29, 0.717) is 5.75 Å². The Morgan fingerprint density at radius 2 is 2.00 bits per heavy atom. The summed E-state index contributed by atoms with van der Waals surface area (Å²) in [4.78, 5) is 2.35. The highest BCUT2D eigenvalue weighted by Crippen LogP contribution is 2.07. The van der Waals surface area contributed by atoms with Crippen molar-refractivity contribution in [2.45, 2.75) is 19.3 Å². The van der Waals surface area contributed by atoms with Gasteiger partial charge in [0, 0.05) is 0 Å². The lowest BCUT2D eigenvalue weighted by Gasteiger charge is -2.12. The smallest absolute Gasteiger partial charge is 0.152 e. The van der Waals surface area contributed by atoms with Crippen molar-refractivity contribution in [1.29, 1.82) is 0 Å². The molecule has 0 amide bonds. The molecule has 1 aliphatic heterocycles. The predicted molar refractivity (Wildman–Crippen MR) is 45.9 cm³/mol. The van der Waals surface area contributed by atoms with Gasteiger partial charge < -0.3 is 9.45 Å². The second kappa shape index (κ2) is 4.85. The first kappa shape index (κ1) is 9.16. The lowest BCUT2D eigenvalue weighted by atomic mass is 10.4. The second-order valence-corrected chi connectivity index (χ2v) is 3.98. The van der Waals surface area contributed by atoms with E-state index >= 15 is 0 Å². The van der Waals surface area contributed by atoms with E-state index < -0.39 is 11.1 Å². The van der Waals surface area contributed by atoms with Crippen LogP contribution in [-0.4, -0.2) is 39.0 Å². The highest BCUT2D eigenvalue weighted by Gasteiger charge is 2.10. The van der Waals surface area contributed by atoms with Crippen molar-refractivity contribution < 1.29 is 8.76 Å². The van der Waals surface area contributed by atoms with Crippen molar-refractivity contribution >= 4 is 11.1 Å². The molecule has 1 fully saturated rings. The molecule has 3 nitrogen and oxygen atoms in total. The molecule has 0 saturated carbocycles. The van der Waals surface area contributed by atoms with E-state index in [1.165, 1.54) is 25.9 Å². The van der Waals surface area contributed by atoms with Crippen LogP contribution in [-0.2, 0) is 11.1 Å². The third-order valence-electron chi connectivity index (χ3n) is 1.99. The van der Waals surface area contributed by atoms with Gasteiger partial charge in [-0.25, -0.2) is 4.21 Å². The summed E-state index contributed by atoms with van der Waals surface area (Å²) in [6.45, 7) is 3.35. The molecule has 0 spiro atoms. The number of likely N-dealkylation sites (tertiary alicyclic amines) is 1. The van der Waals surface area contributed by atoms with Crippen molar-refractivity contribution in [1.82, 2.24) is 4.90 Å². The van der Waals surface area contributed by atoms with Crippen molar-refractivity contribution in [3.05, 3.63) is 0 Å². The monoisotopic (exact) mass is 177 g/mol. The van der Waals surface area contributed by atoms with Gasteiger partial charge >= 0.3 is 0 Å². The van der Waals surface area contributed by atoms with E-state index in [1.807, 2.05) is 0 Å². The highest BCUT2D eigenvalue weighted by atomic mass is 32.2. The fourth-order valence-electron chi connectivity index (χ4n) is 1.42. The van der Waals surface area contributed by atoms with Crippen LogP contribution in [0.5, 0.6) is 0 Å². The largest absolute Gasteiger partial charge is 0.306 e. The molecule has 1 unspecified atom stereocenters. The van der Waals surface area contributed by atoms with Gasteiger partial charge in [0.1, 0.15) is 0 Å². The molecule has 1 heterocycles. The summed E-state index contributed by atoms with van der Waals surface area (Å²) < 4.78 is 18.7. The third kappa shape index (κ3) is 3.84. The Morgan fingerprint density at radius 1 is 1.36 bits per heavy atom.